The lowest BCUT2D eigenvalue weighted by atomic mass is 10.2. The zero-order valence-corrected chi connectivity index (χ0v) is 14.5. The second-order valence-electron chi connectivity index (χ2n) is 5.50. The van der Waals surface area contributed by atoms with Crippen LogP contribution >= 0.6 is 11.3 Å². The van der Waals surface area contributed by atoms with Crippen molar-refractivity contribution in [3.63, 3.8) is 0 Å². The number of thiophene rings is 1. The van der Waals surface area contributed by atoms with Gasteiger partial charge in [0.15, 0.2) is 5.82 Å². The molecule has 1 amide bonds. The zero-order chi connectivity index (χ0) is 17.1. The monoisotopic (exact) mass is 342 g/mol. The number of nitrogens with one attached hydrogen (secondary N) is 1. The standard InChI is InChI=1S/C17H18N4O2S/c1-11(2)16(22)18-12-6-8-13(9-7-12)21-15(14-5-4-10-24-14)19-17(20-21)23-3/h4-11H,1-3H3,(H,18,22). The number of carbonyl (C=O) groups is 1. The summed E-state index contributed by atoms with van der Waals surface area (Å²) in [6, 6.07) is 11.8. The van der Waals surface area contributed by atoms with E-state index in [0.717, 1.165) is 22.1 Å². The van der Waals surface area contributed by atoms with Crippen LogP contribution in [0.4, 0.5) is 5.69 Å². The summed E-state index contributed by atoms with van der Waals surface area (Å²) in [5, 5.41) is 9.24. The minimum atomic E-state index is -0.0605. The van der Waals surface area contributed by atoms with Crippen molar-refractivity contribution in [1.29, 1.82) is 0 Å². The third-order valence-electron chi connectivity index (χ3n) is 3.42. The predicted octanol–water partition coefficient (Wildman–Crippen LogP) is 3.60. The van der Waals surface area contributed by atoms with Crippen LogP contribution in [0.1, 0.15) is 13.8 Å². The lowest BCUT2D eigenvalue weighted by Crippen LogP contribution is -2.17. The van der Waals surface area contributed by atoms with Crippen molar-refractivity contribution >= 4 is 22.9 Å². The van der Waals surface area contributed by atoms with Crippen molar-refractivity contribution in [3.8, 4) is 22.4 Å². The molecule has 0 fully saturated rings. The fourth-order valence-electron chi connectivity index (χ4n) is 2.10. The summed E-state index contributed by atoms with van der Waals surface area (Å²) in [6.07, 6.45) is 0. The molecule has 1 N–H and O–H groups in total. The number of benzene rings is 1. The van der Waals surface area contributed by atoms with Crippen molar-refractivity contribution in [2.24, 2.45) is 5.92 Å². The SMILES string of the molecule is COc1nc(-c2cccs2)n(-c2ccc(NC(=O)C(C)C)cc2)n1. The number of nitrogens with zero attached hydrogens (tertiary/aromatic N) is 3. The van der Waals surface area contributed by atoms with Gasteiger partial charge in [0.1, 0.15) is 0 Å². The average Bonchev–Trinajstić information content (AvgIpc) is 3.24. The van der Waals surface area contributed by atoms with Gasteiger partial charge in [-0.1, -0.05) is 19.9 Å². The number of methoxy groups -OCH3 is 1. The quantitative estimate of drug-likeness (QED) is 0.769. The normalized spacial score (nSPS) is 10.8. The number of ether oxygens (including phenoxy) is 1. The first kappa shape index (κ1) is 16.2. The molecule has 0 unspecified atom stereocenters. The Labute approximate surface area is 144 Å². The van der Waals surface area contributed by atoms with E-state index in [4.69, 9.17) is 4.74 Å². The molecule has 0 aliphatic carbocycles. The fraction of sp³-hybridized carbons (Fsp3) is 0.235. The topological polar surface area (TPSA) is 69.0 Å². The minimum absolute atomic E-state index is 0.00977. The van der Waals surface area contributed by atoms with E-state index < -0.39 is 0 Å². The third-order valence-corrected chi connectivity index (χ3v) is 4.28. The van der Waals surface area contributed by atoms with Crippen molar-refractivity contribution in [3.05, 3.63) is 41.8 Å². The van der Waals surface area contributed by atoms with E-state index >= 15 is 0 Å². The first-order valence-corrected chi connectivity index (χ1v) is 8.42. The van der Waals surface area contributed by atoms with Crippen LogP contribution < -0.4 is 10.1 Å². The van der Waals surface area contributed by atoms with Gasteiger partial charge in [0.05, 0.1) is 17.7 Å². The van der Waals surface area contributed by atoms with E-state index in [1.165, 1.54) is 0 Å². The molecule has 0 spiro atoms. The number of aromatic nitrogens is 3. The second-order valence-corrected chi connectivity index (χ2v) is 6.45. The van der Waals surface area contributed by atoms with Gasteiger partial charge in [-0.3, -0.25) is 4.79 Å². The van der Waals surface area contributed by atoms with Crippen molar-refractivity contribution < 1.29 is 9.53 Å². The number of hydrogen-bond acceptors (Lipinski definition) is 5. The maximum atomic E-state index is 11.8. The van der Waals surface area contributed by atoms with Crippen LogP contribution in [0, 0.1) is 5.92 Å². The van der Waals surface area contributed by atoms with Gasteiger partial charge in [0, 0.05) is 11.6 Å². The lowest BCUT2D eigenvalue weighted by Gasteiger charge is -2.09. The molecule has 124 valence electrons. The zero-order valence-electron chi connectivity index (χ0n) is 13.7. The molecule has 0 atom stereocenters. The maximum Gasteiger partial charge on any atom is 0.336 e. The summed E-state index contributed by atoms with van der Waals surface area (Å²) in [5.74, 6) is 0.653. The van der Waals surface area contributed by atoms with Gasteiger partial charge in [0.25, 0.3) is 0 Å². The molecule has 0 saturated carbocycles. The molecule has 0 aliphatic rings. The van der Waals surface area contributed by atoms with Crippen LogP contribution in [0.25, 0.3) is 16.4 Å². The first-order chi connectivity index (χ1) is 11.6. The van der Waals surface area contributed by atoms with E-state index in [-0.39, 0.29) is 11.8 Å². The Bertz CT molecular complexity index is 823. The van der Waals surface area contributed by atoms with Gasteiger partial charge in [-0.05, 0) is 35.7 Å². The van der Waals surface area contributed by atoms with Crippen LogP contribution in [0.5, 0.6) is 6.01 Å². The molecule has 0 bridgehead atoms. The Balaban J connectivity index is 1.92. The summed E-state index contributed by atoms with van der Waals surface area (Å²) in [5.41, 5.74) is 1.60. The molecule has 3 aromatic rings. The van der Waals surface area contributed by atoms with Gasteiger partial charge >= 0.3 is 6.01 Å². The van der Waals surface area contributed by atoms with Gasteiger partial charge < -0.3 is 10.1 Å². The Hall–Kier alpha value is -2.67. The van der Waals surface area contributed by atoms with Gasteiger partial charge in [0.2, 0.25) is 5.91 Å². The second kappa shape index (κ2) is 6.84. The Morgan fingerprint density at radius 3 is 2.58 bits per heavy atom. The Kier molecular flexibility index (Phi) is 4.61. The molecule has 0 radical (unpaired) electrons. The maximum absolute atomic E-state index is 11.8. The predicted molar refractivity (Wildman–Crippen MR) is 94.7 cm³/mol. The molecule has 0 aliphatic heterocycles. The number of carbonyl (C=O) groups excluding carboxylic acids is 1. The van der Waals surface area contributed by atoms with Gasteiger partial charge in [-0.15, -0.1) is 16.4 Å². The minimum Gasteiger partial charge on any atom is -0.466 e. The fourth-order valence-corrected chi connectivity index (χ4v) is 2.80. The van der Waals surface area contributed by atoms with Crippen LogP contribution in [0.2, 0.25) is 0 Å². The molecule has 1 aromatic carbocycles. The van der Waals surface area contributed by atoms with Crippen molar-refractivity contribution in [2.75, 3.05) is 12.4 Å². The van der Waals surface area contributed by atoms with Crippen molar-refractivity contribution in [2.45, 2.75) is 13.8 Å². The van der Waals surface area contributed by atoms with Crippen LogP contribution in [-0.4, -0.2) is 27.8 Å². The summed E-state index contributed by atoms with van der Waals surface area (Å²) in [7, 11) is 1.54. The highest BCUT2D eigenvalue weighted by atomic mass is 32.1. The molecule has 6 nitrogen and oxygen atoms in total. The molecule has 2 aromatic heterocycles. The van der Waals surface area contributed by atoms with Gasteiger partial charge in [-0.2, -0.15) is 4.98 Å². The molecular formula is C17H18N4O2S. The number of rotatable bonds is 5. The van der Waals surface area contributed by atoms with E-state index in [9.17, 15) is 4.79 Å². The van der Waals surface area contributed by atoms with E-state index in [1.54, 1.807) is 23.1 Å². The summed E-state index contributed by atoms with van der Waals surface area (Å²) in [4.78, 5) is 17.2. The molecule has 3 rings (SSSR count). The summed E-state index contributed by atoms with van der Waals surface area (Å²) in [6.45, 7) is 3.72. The number of amides is 1. The molecular weight excluding hydrogens is 324 g/mol. The summed E-state index contributed by atoms with van der Waals surface area (Å²) >= 11 is 1.59. The molecule has 2 heterocycles. The van der Waals surface area contributed by atoms with E-state index in [2.05, 4.69) is 15.4 Å². The molecule has 0 saturated heterocycles. The number of hydrogen-bond donors (Lipinski definition) is 1. The third kappa shape index (κ3) is 3.30. The number of anilines is 1. The lowest BCUT2D eigenvalue weighted by molar-refractivity contribution is -0.118. The van der Waals surface area contributed by atoms with Gasteiger partial charge in [-0.25, -0.2) is 4.68 Å². The molecule has 24 heavy (non-hydrogen) atoms. The largest absolute Gasteiger partial charge is 0.466 e. The van der Waals surface area contributed by atoms with Crippen LogP contribution in [-0.2, 0) is 4.79 Å². The molecule has 7 heteroatoms. The van der Waals surface area contributed by atoms with Crippen LogP contribution in [0.15, 0.2) is 41.8 Å². The highest BCUT2D eigenvalue weighted by molar-refractivity contribution is 7.13. The van der Waals surface area contributed by atoms with Crippen LogP contribution in [0.3, 0.4) is 0 Å². The average molecular weight is 342 g/mol. The van der Waals surface area contributed by atoms with Crippen molar-refractivity contribution in [1.82, 2.24) is 14.8 Å². The van der Waals surface area contributed by atoms with E-state index in [1.807, 2.05) is 55.6 Å². The smallest absolute Gasteiger partial charge is 0.336 e. The first-order valence-electron chi connectivity index (χ1n) is 7.54. The Morgan fingerprint density at radius 1 is 1.25 bits per heavy atom. The Morgan fingerprint density at radius 2 is 2.00 bits per heavy atom. The summed E-state index contributed by atoms with van der Waals surface area (Å²) < 4.78 is 6.90. The highest BCUT2D eigenvalue weighted by Crippen LogP contribution is 2.27. The highest BCUT2D eigenvalue weighted by Gasteiger charge is 2.15. The van der Waals surface area contributed by atoms with E-state index in [0.29, 0.717) is 6.01 Å².